The van der Waals surface area contributed by atoms with Gasteiger partial charge in [-0.05, 0) is 41.8 Å². The van der Waals surface area contributed by atoms with Crippen molar-refractivity contribution in [3.63, 3.8) is 0 Å². The Morgan fingerprint density at radius 1 is 1.03 bits per heavy atom. The summed E-state index contributed by atoms with van der Waals surface area (Å²) in [5.41, 5.74) is 4.91. The molecule has 4 aromatic heterocycles. The number of hydrogen-bond donors (Lipinski definition) is 2. The second kappa shape index (κ2) is 7.29. The van der Waals surface area contributed by atoms with E-state index in [1.165, 1.54) is 0 Å². The number of aryl methyl sites for hydroxylation is 1. The van der Waals surface area contributed by atoms with Crippen molar-refractivity contribution >= 4 is 22.5 Å². The minimum absolute atomic E-state index is 0.303. The Morgan fingerprint density at radius 3 is 2.80 bits per heavy atom. The van der Waals surface area contributed by atoms with Crippen molar-refractivity contribution in [3.05, 3.63) is 84.9 Å². The Balaban J connectivity index is 1.45. The molecule has 1 amide bonds. The topological polar surface area (TPSA) is 88.5 Å². The molecule has 0 saturated heterocycles. The third-order valence-corrected chi connectivity index (χ3v) is 4.82. The molecule has 0 aliphatic heterocycles. The highest BCUT2D eigenvalue weighted by atomic mass is 16.1. The van der Waals surface area contributed by atoms with Crippen molar-refractivity contribution in [3.8, 4) is 22.6 Å². The summed E-state index contributed by atoms with van der Waals surface area (Å²) in [6.45, 7) is 0. The number of aromatic nitrogens is 5. The summed E-state index contributed by atoms with van der Waals surface area (Å²) in [6, 6.07) is 19.1. The minimum atomic E-state index is -0.303. The highest BCUT2D eigenvalue weighted by molar-refractivity contribution is 6.04. The number of rotatable bonds is 4. The van der Waals surface area contributed by atoms with Crippen LogP contribution >= 0.6 is 0 Å². The highest BCUT2D eigenvalue weighted by Crippen LogP contribution is 2.26. The van der Waals surface area contributed by atoms with Gasteiger partial charge in [0.2, 0.25) is 0 Å². The van der Waals surface area contributed by atoms with Crippen molar-refractivity contribution in [2.24, 2.45) is 7.05 Å². The lowest BCUT2D eigenvalue weighted by Crippen LogP contribution is -2.14. The number of aromatic amines is 1. The predicted octanol–water partition coefficient (Wildman–Crippen LogP) is 4.28. The van der Waals surface area contributed by atoms with E-state index in [2.05, 4.69) is 25.4 Å². The lowest BCUT2D eigenvalue weighted by Gasteiger charge is -2.07. The number of carbonyl (C=O) groups excluding carboxylic acids is 1. The first-order chi connectivity index (χ1) is 14.7. The van der Waals surface area contributed by atoms with Gasteiger partial charge in [-0.3, -0.25) is 14.5 Å². The maximum atomic E-state index is 12.9. The number of nitrogens with zero attached hydrogens (tertiary/aromatic N) is 4. The van der Waals surface area contributed by atoms with E-state index >= 15 is 0 Å². The Morgan fingerprint density at radius 2 is 1.93 bits per heavy atom. The fraction of sp³-hybridized carbons (Fsp3) is 0.0435. The minimum Gasteiger partial charge on any atom is -0.361 e. The van der Waals surface area contributed by atoms with E-state index in [1.54, 1.807) is 30.2 Å². The molecule has 30 heavy (non-hydrogen) atoms. The molecule has 0 radical (unpaired) electrons. The van der Waals surface area contributed by atoms with E-state index < -0.39 is 0 Å². The standard InChI is InChI=1S/C23H18N6O/c1-29-14-21(22(28-29)18-5-2-3-11-24-18)27-23(30)19-7-4-6-17(26-19)16-9-8-15-10-12-25-20(15)13-16/h2-14,25H,1H3,(H,27,30). The number of carbonyl (C=O) groups is 1. The largest absolute Gasteiger partial charge is 0.361 e. The van der Waals surface area contributed by atoms with Crippen LogP contribution in [0.15, 0.2) is 79.3 Å². The molecule has 0 bridgehead atoms. The van der Waals surface area contributed by atoms with Gasteiger partial charge in [0.1, 0.15) is 11.4 Å². The van der Waals surface area contributed by atoms with Gasteiger partial charge < -0.3 is 10.3 Å². The van der Waals surface area contributed by atoms with E-state index in [4.69, 9.17) is 0 Å². The fourth-order valence-corrected chi connectivity index (χ4v) is 3.39. The number of benzene rings is 1. The third-order valence-electron chi connectivity index (χ3n) is 4.82. The summed E-state index contributed by atoms with van der Waals surface area (Å²) >= 11 is 0. The summed E-state index contributed by atoms with van der Waals surface area (Å²) in [7, 11) is 1.80. The van der Waals surface area contributed by atoms with Crippen LogP contribution in [0.5, 0.6) is 0 Å². The molecule has 2 N–H and O–H groups in total. The molecule has 0 spiro atoms. The summed E-state index contributed by atoms with van der Waals surface area (Å²) in [5.74, 6) is -0.303. The molecule has 7 heteroatoms. The zero-order chi connectivity index (χ0) is 20.5. The van der Waals surface area contributed by atoms with Gasteiger partial charge >= 0.3 is 0 Å². The Bertz CT molecular complexity index is 1350. The molecule has 4 heterocycles. The van der Waals surface area contributed by atoms with E-state index in [0.717, 1.165) is 22.2 Å². The molecule has 0 aliphatic carbocycles. The Hall–Kier alpha value is -4.26. The average Bonchev–Trinajstić information content (AvgIpc) is 3.40. The number of pyridine rings is 2. The predicted molar refractivity (Wildman–Crippen MR) is 116 cm³/mol. The van der Waals surface area contributed by atoms with Crippen LogP contribution in [0.1, 0.15) is 10.5 Å². The molecule has 0 atom stereocenters. The fourth-order valence-electron chi connectivity index (χ4n) is 3.39. The summed E-state index contributed by atoms with van der Waals surface area (Å²) in [5, 5.41) is 8.48. The van der Waals surface area contributed by atoms with Gasteiger partial charge in [-0.15, -0.1) is 0 Å². The van der Waals surface area contributed by atoms with Crippen LogP contribution in [0.4, 0.5) is 5.69 Å². The molecule has 0 fully saturated rings. The molecule has 1 aromatic carbocycles. The lowest BCUT2D eigenvalue weighted by atomic mass is 10.1. The van der Waals surface area contributed by atoms with Crippen LogP contribution in [0, 0.1) is 0 Å². The van der Waals surface area contributed by atoms with Crippen LogP contribution in [-0.2, 0) is 7.05 Å². The summed E-state index contributed by atoms with van der Waals surface area (Å²) in [4.78, 5) is 25.0. The maximum Gasteiger partial charge on any atom is 0.274 e. The normalized spacial score (nSPS) is 11.0. The SMILES string of the molecule is Cn1cc(NC(=O)c2cccc(-c3ccc4cc[nH]c4c3)n2)c(-c2ccccn2)n1. The van der Waals surface area contributed by atoms with E-state index in [9.17, 15) is 4.79 Å². The molecule has 0 saturated carbocycles. The van der Waals surface area contributed by atoms with E-state index in [0.29, 0.717) is 22.8 Å². The smallest absolute Gasteiger partial charge is 0.274 e. The average molecular weight is 394 g/mol. The van der Waals surface area contributed by atoms with Gasteiger partial charge in [-0.1, -0.05) is 24.3 Å². The molecule has 5 aromatic rings. The van der Waals surface area contributed by atoms with Gasteiger partial charge in [0, 0.05) is 36.7 Å². The van der Waals surface area contributed by atoms with Crippen LogP contribution < -0.4 is 5.32 Å². The highest BCUT2D eigenvalue weighted by Gasteiger charge is 2.16. The second-order valence-corrected chi connectivity index (χ2v) is 6.92. The molecule has 7 nitrogen and oxygen atoms in total. The first-order valence-electron chi connectivity index (χ1n) is 9.48. The quantitative estimate of drug-likeness (QED) is 0.476. The van der Waals surface area contributed by atoms with Crippen molar-refractivity contribution < 1.29 is 4.79 Å². The molecule has 5 rings (SSSR count). The molecule has 0 aliphatic rings. The van der Waals surface area contributed by atoms with E-state index in [-0.39, 0.29) is 5.91 Å². The van der Waals surface area contributed by atoms with Crippen LogP contribution in [0.25, 0.3) is 33.5 Å². The first kappa shape index (κ1) is 17.8. The van der Waals surface area contributed by atoms with Crippen molar-refractivity contribution in [1.82, 2.24) is 24.7 Å². The third kappa shape index (κ3) is 3.33. The molecule has 146 valence electrons. The number of H-pyrrole nitrogens is 1. The van der Waals surface area contributed by atoms with Gasteiger partial charge in [0.25, 0.3) is 5.91 Å². The number of amides is 1. The second-order valence-electron chi connectivity index (χ2n) is 6.92. The van der Waals surface area contributed by atoms with E-state index in [1.807, 2.05) is 60.8 Å². The molecular formula is C23H18N6O. The van der Waals surface area contributed by atoms with Gasteiger partial charge in [0.05, 0.1) is 17.1 Å². The maximum absolute atomic E-state index is 12.9. The van der Waals surface area contributed by atoms with Crippen LogP contribution in [0.2, 0.25) is 0 Å². The number of nitrogens with one attached hydrogen (secondary N) is 2. The Kier molecular flexibility index (Phi) is 4.33. The molecular weight excluding hydrogens is 376 g/mol. The zero-order valence-electron chi connectivity index (χ0n) is 16.2. The van der Waals surface area contributed by atoms with Crippen LogP contribution in [0.3, 0.4) is 0 Å². The molecule has 0 unspecified atom stereocenters. The first-order valence-corrected chi connectivity index (χ1v) is 9.48. The monoisotopic (exact) mass is 394 g/mol. The van der Waals surface area contributed by atoms with Crippen molar-refractivity contribution in [1.29, 1.82) is 0 Å². The number of fused-ring (bicyclic) bond motifs is 1. The van der Waals surface area contributed by atoms with Crippen molar-refractivity contribution in [2.75, 3.05) is 5.32 Å². The summed E-state index contributed by atoms with van der Waals surface area (Å²) in [6.07, 6.45) is 5.35. The lowest BCUT2D eigenvalue weighted by molar-refractivity contribution is 0.102. The zero-order valence-corrected chi connectivity index (χ0v) is 16.2. The summed E-state index contributed by atoms with van der Waals surface area (Å²) < 4.78 is 1.65. The van der Waals surface area contributed by atoms with Gasteiger partial charge in [-0.2, -0.15) is 5.10 Å². The number of hydrogen-bond acceptors (Lipinski definition) is 4. The Labute approximate surface area is 172 Å². The van der Waals surface area contributed by atoms with Gasteiger partial charge in [0.15, 0.2) is 0 Å². The van der Waals surface area contributed by atoms with Crippen LogP contribution in [-0.4, -0.2) is 30.6 Å². The van der Waals surface area contributed by atoms with Gasteiger partial charge in [-0.25, -0.2) is 4.98 Å². The number of anilines is 1. The van der Waals surface area contributed by atoms with Crippen molar-refractivity contribution in [2.45, 2.75) is 0 Å².